The summed E-state index contributed by atoms with van der Waals surface area (Å²) < 4.78 is 47.6. The van der Waals surface area contributed by atoms with Crippen molar-refractivity contribution >= 4 is 15.5 Å². The fraction of sp³-hybridized carbons (Fsp3) is 0.600. The van der Waals surface area contributed by atoms with Gasteiger partial charge in [-0.15, -0.1) is 0 Å². The zero-order valence-corrected chi connectivity index (χ0v) is 13.0. The molecule has 0 heterocycles. The van der Waals surface area contributed by atoms with Gasteiger partial charge in [0.05, 0.1) is 4.90 Å². The van der Waals surface area contributed by atoms with Crippen molar-refractivity contribution in [2.45, 2.75) is 49.8 Å². The predicted octanol–water partition coefficient (Wildman–Crippen LogP) is 3.92. The van der Waals surface area contributed by atoms with Gasteiger partial charge in [-0.25, -0.2) is 8.42 Å². The van der Waals surface area contributed by atoms with Crippen LogP contribution in [0.2, 0.25) is 0 Å². The lowest BCUT2D eigenvalue weighted by molar-refractivity contribution is 0.234. The molecule has 6 heteroatoms. The maximum absolute atomic E-state index is 12.5. The molecule has 1 aliphatic rings. The van der Waals surface area contributed by atoms with E-state index in [-0.39, 0.29) is 4.90 Å². The summed E-state index contributed by atoms with van der Waals surface area (Å²) in [6.07, 6.45) is 3.46. The minimum absolute atomic E-state index is 0.339. The lowest BCUT2D eigenvalue weighted by Gasteiger charge is -2.34. The first kappa shape index (κ1) is 16.2. The summed E-state index contributed by atoms with van der Waals surface area (Å²) in [4.78, 5) is -0.340. The van der Waals surface area contributed by atoms with Gasteiger partial charge in [0.1, 0.15) is 0 Å². The van der Waals surface area contributed by atoms with E-state index in [4.69, 9.17) is 0 Å². The second kappa shape index (κ2) is 6.30. The first-order valence-electron chi connectivity index (χ1n) is 7.19. The Hall–Kier alpha value is -1.17. The van der Waals surface area contributed by atoms with Crippen LogP contribution in [0.1, 0.15) is 33.1 Å². The maximum Gasteiger partial charge on any atom is 0.341 e. The second-order valence-electron chi connectivity index (χ2n) is 5.98. The largest absolute Gasteiger partial charge is 0.382 e. The number of sulfone groups is 1. The molecule has 3 unspecified atom stereocenters. The number of rotatable bonds is 4. The molecule has 1 fully saturated rings. The normalized spacial score (nSPS) is 26.8. The Morgan fingerprint density at radius 1 is 1.14 bits per heavy atom. The van der Waals surface area contributed by atoms with Crippen LogP contribution in [0.5, 0.6) is 0 Å². The summed E-state index contributed by atoms with van der Waals surface area (Å²) in [5.74, 6) is -2.17. The van der Waals surface area contributed by atoms with Crippen LogP contribution in [0.15, 0.2) is 29.2 Å². The van der Waals surface area contributed by atoms with Crippen LogP contribution in [0.3, 0.4) is 0 Å². The summed E-state index contributed by atoms with van der Waals surface area (Å²) in [5.41, 5.74) is 0.772. The Morgan fingerprint density at radius 2 is 1.76 bits per heavy atom. The minimum Gasteiger partial charge on any atom is -0.382 e. The number of benzene rings is 1. The zero-order chi connectivity index (χ0) is 15.6. The molecule has 3 atom stereocenters. The van der Waals surface area contributed by atoms with Gasteiger partial charge in [0.2, 0.25) is 9.84 Å². The first-order chi connectivity index (χ1) is 9.80. The highest BCUT2D eigenvalue weighted by Gasteiger charge is 2.27. The highest BCUT2D eigenvalue weighted by atomic mass is 32.2. The van der Waals surface area contributed by atoms with Crippen LogP contribution in [0.4, 0.5) is 14.5 Å². The van der Waals surface area contributed by atoms with Crippen LogP contribution in [0, 0.1) is 11.8 Å². The number of hydrogen-bond donors (Lipinski definition) is 1. The second-order valence-corrected chi connectivity index (χ2v) is 7.89. The van der Waals surface area contributed by atoms with Crippen molar-refractivity contribution in [3.63, 3.8) is 0 Å². The topological polar surface area (TPSA) is 46.2 Å². The van der Waals surface area contributed by atoms with Gasteiger partial charge in [0.15, 0.2) is 0 Å². The van der Waals surface area contributed by atoms with Crippen molar-refractivity contribution < 1.29 is 17.2 Å². The van der Waals surface area contributed by atoms with E-state index in [9.17, 15) is 17.2 Å². The molecule has 0 bridgehead atoms. The van der Waals surface area contributed by atoms with Gasteiger partial charge < -0.3 is 5.32 Å². The molecule has 0 saturated heterocycles. The summed E-state index contributed by atoms with van der Waals surface area (Å²) in [7, 11) is -4.51. The van der Waals surface area contributed by atoms with E-state index >= 15 is 0 Å². The third kappa shape index (κ3) is 3.73. The standard InChI is InChI=1S/C15H21F2NO2S/c1-10-3-4-11(2)14(9-10)18-12-5-7-13(8-6-12)21(19,20)15(16)17/h5-8,10-11,14-15,18H,3-4,9H2,1-2H3. The molecule has 1 N–H and O–H groups in total. The van der Waals surface area contributed by atoms with Crippen molar-refractivity contribution in [2.75, 3.05) is 5.32 Å². The van der Waals surface area contributed by atoms with Gasteiger partial charge in [0, 0.05) is 11.7 Å². The quantitative estimate of drug-likeness (QED) is 0.915. The smallest absolute Gasteiger partial charge is 0.341 e. The van der Waals surface area contributed by atoms with Crippen LogP contribution in [-0.4, -0.2) is 20.2 Å². The molecule has 0 aliphatic heterocycles. The fourth-order valence-electron chi connectivity index (χ4n) is 2.79. The van der Waals surface area contributed by atoms with Crippen molar-refractivity contribution in [2.24, 2.45) is 11.8 Å². The van der Waals surface area contributed by atoms with Crippen molar-refractivity contribution in [1.29, 1.82) is 0 Å². The lowest BCUT2D eigenvalue weighted by Crippen LogP contribution is -2.33. The monoisotopic (exact) mass is 317 g/mol. The van der Waals surface area contributed by atoms with Crippen LogP contribution in [-0.2, 0) is 9.84 Å². The third-order valence-electron chi connectivity index (χ3n) is 4.23. The first-order valence-corrected chi connectivity index (χ1v) is 8.74. The average Bonchev–Trinajstić information content (AvgIpc) is 2.43. The molecule has 21 heavy (non-hydrogen) atoms. The zero-order valence-electron chi connectivity index (χ0n) is 12.2. The van der Waals surface area contributed by atoms with Crippen LogP contribution >= 0.6 is 0 Å². The molecular formula is C15H21F2NO2S. The summed E-state index contributed by atoms with van der Waals surface area (Å²) in [6, 6.07) is 5.93. The maximum atomic E-state index is 12.5. The van der Waals surface area contributed by atoms with Gasteiger partial charge >= 0.3 is 5.76 Å². The molecule has 118 valence electrons. The Kier molecular flexibility index (Phi) is 4.86. The molecule has 1 aromatic carbocycles. The SMILES string of the molecule is CC1CCC(C)C(Nc2ccc(S(=O)(=O)C(F)F)cc2)C1. The molecule has 0 spiro atoms. The molecule has 2 rings (SSSR count). The predicted molar refractivity (Wildman–Crippen MR) is 79.2 cm³/mol. The molecule has 1 aromatic rings. The van der Waals surface area contributed by atoms with E-state index in [0.717, 1.165) is 18.5 Å². The Labute approximate surface area is 124 Å². The average molecular weight is 317 g/mol. The van der Waals surface area contributed by atoms with Crippen molar-refractivity contribution in [3.05, 3.63) is 24.3 Å². The van der Waals surface area contributed by atoms with E-state index in [2.05, 4.69) is 19.2 Å². The number of nitrogens with one attached hydrogen (secondary N) is 1. The van der Waals surface area contributed by atoms with E-state index in [1.165, 1.54) is 18.6 Å². The third-order valence-corrected chi connectivity index (χ3v) is 5.63. The van der Waals surface area contributed by atoms with E-state index in [1.54, 1.807) is 12.1 Å². The molecule has 1 saturated carbocycles. The Morgan fingerprint density at radius 3 is 2.33 bits per heavy atom. The van der Waals surface area contributed by atoms with Crippen molar-refractivity contribution in [1.82, 2.24) is 0 Å². The van der Waals surface area contributed by atoms with Gasteiger partial charge in [-0.3, -0.25) is 0 Å². The molecule has 0 amide bonds. The fourth-order valence-corrected chi connectivity index (χ4v) is 3.51. The highest BCUT2D eigenvalue weighted by Crippen LogP contribution is 2.31. The molecule has 3 nitrogen and oxygen atoms in total. The molecular weight excluding hydrogens is 296 g/mol. The van der Waals surface area contributed by atoms with Crippen LogP contribution in [0.25, 0.3) is 0 Å². The van der Waals surface area contributed by atoms with Crippen molar-refractivity contribution in [3.8, 4) is 0 Å². The van der Waals surface area contributed by atoms with E-state index < -0.39 is 15.6 Å². The minimum atomic E-state index is -4.51. The number of alkyl halides is 2. The number of hydrogen-bond acceptors (Lipinski definition) is 3. The summed E-state index contributed by atoms with van der Waals surface area (Å²) >= 11 is 0. The molecule has 0 radical (unpaired) electrons. The van der Waals surface area contributed by atoms with E-state index in [0.29, 0.717) is 17.9 Å². The summed E-state index contributed by atoms with van der Waals surface area (Å²) in [5, 5.41) is 3.39. The number of halogens is 2. The van der Waals surface area contributed by atoms with Gasteiger partial charge in [-0.1, -0.05) is 20.3 Å². The van der Waals surface area contributed by atoms with E-state index in [1.807, 2.05) is 0 Å². The lowest BCUT2D eigenvalue weighted by atomic mass is 9.80. The Bertz CT molecular complexity index is 572. The summed E-state index contributed by atoms with van der Waals surface area (Å²) in [6.45, 7) is 4.41. The Balaban J connectivity index is 2.09. The van der Waals surface area contributed by atoms with Gasteiger partial charge in [-0.05, 0) is 48.9 Å². The van der Waals surface area contributed by atoms with Gasteiger partial charge in [0.25, 0.3) is 0 Å². The molecule has 1 aliphatic carbocycles. The van der Waals surface area contributed by atoms with Gasteiger partial charge in [-0.2, -0.15) is 8.78 Å². The highest BCUT2D eigenvalue weighted by molar-refractivity contribution is 7.91. The number of anilines is 1. The van der Waals surface area contributed by atoms with Crippen LogP contribution < -0.4 is 5.32 Å². The molecule has 0 aromatic heterocycles.